The Labute approximate surface area is 160 Å². The van der Waals surface area contributed by atoms with Crippen LogP contribution in [0.15, 0.2) is 24.3 Å². The van der Waals surface area contributed by atoms with E-state index in [1.165, 1.54) is 0 Å². The van der Waals surface area contributed by atoms with Crippen LogP contribution in [0.5, 0.6) is 0 Å². The van der Waals surface area contributed by atoms with Gasteiger partial charge in [-0.3, -0.25) is 14.3 Å². The van der Waals surface area contributed by atoms with Gasteiger partial charge in [-0.05, 0) is 31.9 Å². The Morgan fingerprint density at radius 3 is 2.81 bits per heavy atom. The van der Waals surface area contributed by atoms with E-state index in [0.717, 1.165) is 19.4 Å². The Hall–Kier alpha value is -2.13. The Bertz CT molecular complexity index is 811. The lowest BCUT2D eigenvalue weighted by atomic mass is 10.0. The van der Waals surface area contributed by atoms with Gasteiger partial charge >= 0.3 is 0 Å². The molecule has 2 heterocycles. The molecule has 1 unspecified atom stereocenters. The van der Waals surface area contributed by atoms with E-state index in [2.05, 4.69) is 10.0 Å². The summed E-state index contributed by atoms with van der Waals surface area (Å²) in [6.07, 6.45) is 1.69. The maximum atomic E-state index is 13.1. The van der Waals surface area contributed by atoms with Crippen LogP contribution in [0.1, 0.15) is 30.1 Å². The fourth-order valence-corrected chi connectivity index (χ4v) is 4.23. The van der Waals surface area contributed by atoms with Crippen LogP contribution in [0.3, 0.4) is 0 Å². The summed E-state index contributed by atoms with van der Waals surface area (Å²) in [6, 6.07) is 6.66. The van der Waals surface area contributed by atoms with Crippen molar-refractivity contribution in [2.45, 2.75) is 25.8 Å². The predicted molar refractivity (Wildman–Crippen MR) is 103 cm³/mol. The minimum Gasteiger partial charge on any atom is -0.337 e. The van der Waals surface area contributed by atoms with Crippen LogP contribution in [-0.2, 0) is 14.8 Å². The highest BCUT2D eigenvalue weighted by atomic mass is 32.2. The number of carbonyl (C=O) groups is 2. The van der Waals surface area contributed by atoms with Crippen LogP contribution in [0.4, 0.5) is 5.69 Å². The third-order valence-electron chi connectivity index (χ3n) is 5.05. The number of likely N-dealkylation sites (tertiary alicyclic amines) is 1. The number of piperazine rings is 1. The number of sulfonamides is 1. The number of amides is 2. The van der Waals surface area contributed by atoms with E-state index in [9.17, 15) is 18.0 Å². The third kappa shape index (κ3) is 4.59. The highest BCUT2D eigenvalue weighted by Crippen LogP contribution is 2.23. The van der Waals surface area contributed by atoms with Crippen molar-refractivity contribution < 1.29 is 18.0 Å². The molecule has 0 spiro atoms. The van der Waals surface area contributed by atoms with Gasteiger partial charge < -0.3 is 15.1 Å². The van der Waals surface area contributed by atoms with Gasteiger partial charge in [0.15, 0.2) is 0 Å². The zero-order valence-electron chi connectivity index (χ0n) is 15.5. The molecular formula is C18H26N4O4S. The highest BCUT2D eigenvalue weighted by molar-refractivity contribution is 7.92. The first-order chi connectivity index (χ1) is 12.9. The first-order valence-electron chi connectivity index (χ1n) is 9.30. The number of nitrogens with zero attached hydrogens (tertiary/aromatic N) is 2. The second-order valence-corrected chi connectivity index (χ2v) is 8.87. The molecule has 0 aliphatic carbocycles. The molecule has 2 N–H and O–H groups in total. The molecule has 8 nitrogen and oxygen atoms in total. The monoisotopic (exact) mass is 394 g/mol. The molecule has 2 amide bonds. The van der Waals surface area contributed by atoms with E-state index in [-0.39, 0.29) is 23.6 Å². The van der Waals surface area contributed by atoms with Gasteiger partial charge in [0, 0.05) is 32.2 Å². The van der Waals surface area contributed by atoms with Crippen molar-refractivity contribution in [1.29, 1.82) is 0 Å². The molecule has 0 bridgehead atoms. The molecule has 0 radical (unpaired) electrons. The number of rotatable bonds is 5. The van der Waals surface area contributed by atoms with Crippen molar-refractivity contribution in [1.82, 2.24) is 15.1 Å². The summed E-state index contributed by atoms with van der Waals surface area (Å²) in [5, 5.41) is 3.06. The number of carbonyl (C=O) groups excluding carboxylic acids is 2. The van der Waals surface area contributed by atoms with Gasteiger partial charge in [0.05, 0.1) is 23.5 Å². The smallest absolute Gasteiger partial charge is 0.256 e. The predicted octanol–water partition coefficient (Wildman–Crippen LogP) is 0.485. The number of para-hydroxylation sites is 1. The highest BCUT2D eigenvalue weighted by Gasteiger charge is 2.32. The van der Waals surface area contributed by atoms with Crippen molar-refractivity contribution in [3.05, 3.63) is 29.8 Å². The normalized spacial score (nSPS) is 21.2. The van der Waals surface area contributed by atoms with E-state index < -0.39 is 10.0 Å². The average Bonchev–Trinajstić information content (AvgIpc) is 2.68. The van der Waals surface area contributed by atoms with Crippen molar-refractivity contribution in [2.24, 2.45) is 0 Å². The maximum Gasteiger partial charge on any atom is 0.256 e. The molecule has 2 aliphatic heterocycles. The van der Waals surface area contributed by atoms with Crippen LogP contribution in [0, 0.1) is 0 Å². The van der Waals surface area contributed by atoms with E-state index in [0.29, 0.717) is 37.4 Å². The fourth-order valence-electron chi connectivity index (χ4n) is 3.57. The SMILES string of the molecule is CCS(=O)(=O)Nc1ccccc1C(=O)N1CCCC(N2CCNCC2=O)C1. The van der Waals surface area contributed by atoms with Crippen LogP contribution < -0.4 is 10.0 Å². The van der Waals surface area contributed by atoms with Crippen molar-refractivity contribution >= 4 is 27.5 Å². The zero-order valence-corrected chi connectivity index (χ0v) is 16.3. The lowest BCUT2D eigenvalue weighted by molar-refractivity contribution is -0.135. The summed E-state index contributed by atoms with van der Waals surface area (Å²) in [5.74, 6) is -0.208. The topological polar surface area (TPSA) is 98.8 Å². The lowest BCUT2D eigenvalue weighted by Gasteiger charge is -2.41. The maximum absolute atomic E-state index is 13.1. The zero-order chi connectivity index (χ0) is 19.4. The van der Waals surface area contributed by atoms with Gasteiger partial charge in [-0.1, -0.05) is 12.1 Å². The van der Waals surface area contributed by atoms with E-state index in [4.69, 9.17) is 0 Å². The molecule has 1 atom stereocenters. The second-order valence-electron chi connectivity index (χ2n) is 6.86. The van der Waals surface area contributed by atoms with Crippen molar-refractivity contribution in [2.75, 3.05) is 43.2 Å². The van der Waals surface area contributed by atoms with Gasteiger partial charge in [0.25, 0.3) is 5.91 Å². The molecule has 2 aliphatic rings. The molecule has 9 heteroatoms. The van der Waals surface area contributed by atoms with Gasteiger partial charge in [0.2, 0.25) is 15.9 Å². The molecule has 0 saturated carbocycles. The Morgan fingerprint density at radius 1 is 1.30 bits per heavy atom. The third-order valence-corrected chi connectivity index (χ3v) is 6.34. The van der Waals surface area contributed by atoms with Crippen LogP contribution >= 0.6 is 0 Å². The van der Waals surface area contributed by atoms with E-state index in [1.54, 1.807) is 36.1 Å². The summed E-state index contributed by atoms with van der Waals surface area (Å²) in [5.41, 5.74) is 0.631. The van der Waals surface area contributed by atoms with Crippen LogP contribution in [-0.4, -0.2) is 74.6 Å². The molecule has 3 rings (SSSR count). The van der Waals surface area contributed by atoms with Gasteiger partial charge in [-0.2, -0.15) is 0 Å². The fraction of sp³-hybridized carbons (Fsp3) is 0.556. The van der Waals surface area contributed by atoms with E-state index in [1.807, 2.05) is 4.90 Å². The summed E-state index contributed by atoms with van der Waals surface area (Å²) in [7, 11) is -3.48. The Kier molecular flexibility index (Phi) is 6.01. The minimum absolute atomic E-state index is 0.0109. The summed E-state index contributed by atoms with van der Waals surface area (Å²) >= 11 is 0. The minimum atomic E-state index is -3.48. The quantitative estimate of drug-likeness (QED) is 0.757. The number of hydrogen-bond donors (Lipinski definition) is 2. The van der Waals surface area contributed by atoms with Gasteiger partial charge in [-0.25, -0.2) is 8.42 Å². The van der Waals surface area contributed by atoms with E-state index >= 15 is 0 Å². The molecule has 148 valence electrons. The second kappa shape index (κ2) is 8.26. The molecule has 2 fully saturated rings. The van der Waals surface area contributed by atoms with Gasteiger partial charge in [0.1, 0.15) is 0 Å². The Morgan fingerprint density at radius 2 is 2.07 bits per heavy atom. The molecule has 2 saturated heterocycles. The Balaban J connectivity index is 1.77. The average molecular weight is 394 g/mol. The number of benzene rings is 1. The largest absolute Gasteiger partial charge is 0.337 e. The standard InChI is InChI=1S/C18H26N4O4S/c1-2-27(25,26)20-16-8-4-3-7-15(16)18(24)21-10-5-6-14(13-21)22-11-9-19-12-17(22)23/h3-4,7-8,14,19-20H,2,5-6,9-13H2,1H3. The summed E-state index contributed by atoms with van der Waals surface area (Å²) < 4.78 is 26.3. The van der Waals surface area contributed by atoms with Crippen molar-refractivity contribution in [3.8, 4) is 0 Å². The first-order valence-corrected chi connectivity index (χ1v) is 11.0. The molecule has 0 aromatic heterocycles. The van der Waals surface area contributed by atoms with Crippen LogP contribution in [0.2, 0.25) is 0 Å². The van der Waals surface area contributed by atoms with Crippen molar-refractivity contribution in [3.63, 3.8) is 0 Å². The molecule has 1 aromatic rings. The number of piperidine rings is 1. The van der Waals surface area contributed by atoms with Crippen LogP contribution in [0.25, 0.3) is 0 Å². The number of nitrogens with one attached hydrogen (secondary N) is 2. The first kappa shape index (κ1) is 19.6. The summed E-state index contributed by atoms with van der Waals surface area (Å²) in [6.45, 7) is 4.37. The van der Waals surface area contributed by atoms with Gasteiger partial charge in [-0.15, -0.1) is 0 Å². The molecular weight excluding hydrogens is 368 g/mol. The molecule has 27 heavy (non-hydrogen) atoms. The molecule has 1 aromatic carbocycles. The lowest BCUT2D eigenvalue weighted by Crippen LogP contribution is -2.57. The summed E-state index contributed by atoms with van der Waals surface area (Å²) in [4.78, 5) is 28.8. The number of anilines is 1. The number of hydrogen-bond acceptors (Lipinski definition) is 5.